The lowest BCUT2D eigenvalue weighted by atomic mass is 9.85. The molecule has 1 saturated heterocycles. The number of carbonyl (C=O) groups excluding carboxylic acids is 1. The first kappa shape index (κ1) is 12.7. The Morgan fingerprint density at radius 2 is 2.55 bits per heavy atom. The van der Waals surface area contributed by atoms with Gasteiger partial charge < -0.3 is 14.0 Å². The van der Waals surface area contributed by atoms with E-state index in [4.69, 9.17) is 14.5 Å². The van der Waals surface area contributed by atoms with Crippen LogP contribution in [0.3, 0.4) is 0 Å². The van der Waals surface area contributed by atoms with E-state index in [1.54, 1.807) is 11.1 Å². The summed E-state index contributed by atoms with van der Waals surface area (Å²) in [5.74, 6) is 0.529. The monoisotopic (exact) mass is 275 g/mol. The summed E-state index contributed by atoms with van der Waals surface area (Å²) >= 11 is 0. The summed E-state index contributed by atoms with van der Waals surface area (Å²) in [4.78, 5) is 17.4. The van der Waals surface area contributed by atoms with Gasteiger partial charge in [0.25, 0.3) is 0 Å². The summed E-state index contributed by atoms with van der Waals surface area (Å²) in [6, 6.07) is -1.15. The molecule has 2 aliphatic rings. The van der Waals surface area contributed by atoms with Crippen molar-refractivity contribution in [3.8, 4) is 0 Å². The Bertz CT molecular complexity index is 547. The number of nitrogens with zero attached hydrogens (tertiary/aromatic N) is 3. The number of fused-ring (bicyclic) bond motifs is 2. The molecule has 20 heavy (non-hydrogen) atoms. The molecule has 1 radical (unpaired) electrons. The molecule has 0 aliphatic carbocycles. The number of hydrogen-bond acceptors (Lipinski definition) is 6. The Morgan fingerprint density at radius 1 is 1.70 bits per heavy atom. The third-order valence-electron chi connectivity index (χ3n) is 3.46. The van der Waals surface area contributed by atoms with Gasteiger partial charge in [0.2, 0.25) is 0 Å². The van der Waals surface area contributed by atoms with Crippen molar-refractivity contribution < 1.29 is 19.1 Å². The second kappa shape index (κ2) is 5.01. The van der Waals surface area contributed by atoms with Crippen molar-refractivity contribution in [3.05, 3.63) is 24.4 Å². The lowest BCUT2D eigenvalue weighted by Crippen LogP contribution is -2.39. The summed E-state index contributed by atoms with van der Waals surface area (Å²) in [5, 5.41) is 17.4. The molecule has 2 bridgehead atoms. The maximum absolute atomic E-state index is 12.0. The molecule has 0 spiro atoms. The van der Waals surface area contributed by atoms with Crippen molar-refractivity contribution in [2.75, 3.05) is 6.54 Å². The molecule has 2 amide bonds. The number of rotatable bonds is 5. The van der Waals surface area contributed by atoms with E-state index in [1.165, 1.54) is 13.9 Å². The highest BCUT2D eigenvalue weighted by Gasteiger charge is 2.46. The summed E-state index contributed by atoms with van der Waals surface area (Å²) in [6.45, 7) is 0.380. The number of hydroxylamine groups is 2. The summed E-state index contributed by atoms with van der Waals surface area (Å²) in [5.41, 5.74) is 0.723. The number of aromatic nitrogens is 1. The number of oxazole rings is 1. The number of hydrogen-bond donors (Lipinski definition) is 2. The number of amides is 2. The molecule has 2 atom stereocenters. The van der Waals surface area contributed by atoms with E-state index in [2.05, 4.69) is 4.98 Å². The Balaban J connectivity index is 1.88. The molecule has 9 heteroatoms. The minimum Gasteiger partial charge on any atom is -0.556 e. The van der Waals surface area contributed by atoms with Crippen LogP contribution in [0.1, 0.15) is 5.76 Å². The van der Waals surface area contributed by atoms with Crippen LogP contribution in [0.5, 0.6) is 0 Å². The summed E-state index contributed by atoms with van der Waals surface area (Å²) in [6.07, 6.45) is 5.94. The van der Waals surface area contributed by atoms with Gasteiger partial charge in [-0.3, -0.25) is 10.6 Å². The quantitative estimate of drug-likeness (QED) is 0.269. The van der Waals surface area contributed by atoms with E-state index in [0.29, 0.717) is 23.7 Å². The predicted molar refractivity (Wildman–Crippen MR) is 68.2 cm³/mol. The molecule has 8 nitrogen and oxygen atoms in total. The number of nitrogens with one attached hydrogen (secondary N) is 1. The van der Waals surface area contributed by atoms with Crippen LogP contribution in [0.25, 0.3) is 5.57 Å². The lowest BCUT2D eigenvalue weighted by molar-refractivity contribution is -0.0430. The van der Waals surface area contributed by atoms with E-state index in [-0.39, 0.29) is 6.04 Å². The minimum absolute atomic E-state index is 0.254. The van der Waals surface area contributed by atoms with Crippen molar-refractivity contribution in [3.63, 3.8) is 0 Å². The Hall–Kier alpha value is -2.29. The standard InChI is InChI=1S/C11H12BN4O4/c13-5-20-12-2-7-1-8(10-3-14-6-19-10)9-4-15(7)11(17)16(9)18/h1,3,5-7,9,13,18H,2,4H2/t7-,9?/m0/s1. The first-order chi connectivity index (χ1) is 9.72. The van der Waals surface area contributed by atoms with Crippen LogP contribution in [0.4, 0.5) is 4.79 Å². The molecule has 0 aromatic carbocycles. The zero-order valence-corrected chi connectivity index (χ0v) is 10.5. The number of urea groups is 1. The molecule has 2 aliphatic heterocycles. The second-order valence-electron chi connectivity index (χ2n) is 4.51. The molecule has 103 valence electrons. The van der Waals surface area contributed by atoms with E-state index in [1.807, 2.05) is 6.08 Å². The first-order valence-electron chi connectivity index (χ1n) is 6.07. The van der Waals surface area contributed by atoms with E-state index in [9.17, 15) is 10.0 Å². The fourth-order valence-electron chi connectivity index (χ4n) is 2.52. The highest BCUT2D eigenvalue weighted by Crippen LogP contribution is 2.35. The van der Waals surface area contributed by atoms with Gasteiger partial charge in [0.1, 0.15) is 12.4 Å². The molecular weight excluding hydrogens is 263 g/mol. The van der Waals surface area contributed by atoms with Gasteiger partial charge in [-0.1, -0.05) is 6.08 Å². The molecule has 1 aromatic heterocycles. The highest BCUT2D eigenvalue weighted by molar-refractivity contribution is 6.29. The largest absolute Gasteiger partial charge is 0.556 e. The maximum atomic E-state index is 12.0. The fourth-order valence-corrected chi connectivity index (χ4v) is 2.52. The molecule has 3 rings (SSSR count). The second-order valence-corrected chi connectivity index (χ2v) is 4.51. The van der Waals surface area contributed by atoms with Crippen LogP contribution in [-0.2, 0) is 4.65 Å². The summed E-state index contributed by atoms with van der Waals surface area (Å²) in [7, 11) is 1.44. The smallest absolute Gasteiger partial charge is 0.373 e. The predicted octanol–water partition coefficient (Wildman–Crippen LogP) is 0.597. The SMILES string of the molecule is N=CO[B]C[C@@H]1C=C(c2cnco2)C2CN1C(=O)N2O. The van der Waals surface area contributed by atoms with Crippen molar-refractivity contribution in [2.24, 2.45) is 0 Å². The van der Waals surface area contributed by atoms with Crippen molar-refractivity contribution in [1.29, 1.82) is 5.41 Å². The fraction of sp³-hybridized carbons (Fsp3) is 0.364. The van der Waals surface area contributed by atoms with Crippen LogP contribution >= 0.6 is 0 Å². The minimum atomic E-state index is -0.450. The average molecular weight is 275 g/mol. The third kappa shape index (κ3) is 1.96. The maximum Gasteiger partial charge on any atom is 0.373 e. The number of carbonyl (C=O) groups is 1. The molecule has 0 saturated carbocycles. The molecule has 3 heterocycles. The van der Waals surface area contributed by atoms with Gasteiger partial charge in [0.15, 0.2) is 12.2 Å². The Labute approximate surface area is 115 Å². The van der Waals surface area contributed by atoms with Gasteiger partial charge in [0.05, 0.1) is 12.7 Å². The molecular formula is C11H12BN4O4. The lowest BCUT2D eigenvalue weighted by Gasteiger charge is -2.28. The van der Waals surface area contributed by atoms with Crippen molar-refractivity contribution in [2.45, 2.75) is 18.4 Å². The zero-order valence-electron chi connectivity index (χ0n) is 10.5. The third-order valence-corrected chi connectivity index (χ3v) is 3.46. The zero-order chi connectivity index (χ0) is 14.1. The highest BCUT2D eigenvalue weighted by atomic mass is 16.5. The van der Waals surface area contributed by atoms with E-state index in [0.717, 1.165) is 12.0 Å². The van der Waals surface area contributed by atoms with Gasteiger partial charge in [-0.2, -0.15) is 5.06 Å². The molecule has 1 fully saturated rings. The van der Waals surface area contributed by atoms with Crippen LogP contribution in [0, 0.1) is 5.41 Å². The van der Waals surface area contributed by atoms with E-state index >= 15 is 0 Å². The average Bonchev–Trinajstić information content (AvgIpc) is 3.06. The normalized spacial score (nSPS) is 24.6. The first-order valence-corrected chi connectivity index (χ1v) is 6.07. The van der Waals surface area contributed by atoms with Crippen LogP contribution in [0.2, 0.25) is 6.32 Å². The van der Waals surface area contributed by atoms with Gasteiger partial charge in [-0.15, -0.1) is 0 Å². The van der Waals surface area contributed by atoms with Gasteiger partial charge in [-0.05, 0) is 6.32 Å². The van der Waals surface area contributed by atoms with Gasteiger partial charge in [0, 0.05) is 11.6 Å². The molecule has 1 aromatic rings. The Morgan fingerprint density at radius 3 is 3.25 bits per heavy atom. The van der Waals surface area contributed by atoms with Crippen molar-refractivity contribution in [1.82, 2.24) is 14.9 Å². The van der Waals surface area contributed by atoms with Gasteiger partial charge in [-0.25, -0.2) is 9.78 Å². The van der Waals surface area contributed by atoms with E-state index < -0.39 is 12.1 Å². The molecule has 2 N–H and O–H groups in total. The topological polar surface area (TPSA) is 103 Å². The summed E-state index contributed by atoms with van der Waals surface area (Å²) < 4.78 is 10.0. The van der Waals surface area contributed by atoms with Crippen LogP contribution in [-0.4, -0.2) is 58.7 Å². The van der Waals surface area contributed by atoms with Crippen molar-refractivity contribution >= 4 is 25.5 Å². The van der Waals surface area contributed by atoms with Crippen LogP contribution in [0.15, 0.2) is 23.1 Å². The Kier molecular flexibility index (Phi) is 3.19. The van der Waals surface area contributed by atoms with Gasteiger partial charge >= 0.3 is 13.5 Å². The van der Waals surface area contributed by atoms with Crippen LogP contribution < -0.4 is 0 Å². The molecule has 1 unspecified atom stereocenters.